The van der Waals surface area contributed by atoms with Gasteiger partial charge in [0.15, 0.2) is 0 Å². The summed E-state index contributed by atoms with van der Waals surface area (Å²) >= 11 is 0. The summed E-state index contributed by atoms with van der Waals surface area (Å²) in [5.41, 5.74) is 2.25. The number of likely N-dealkylation sites (tertiary alicyclic amines) is 1. The zero-order valence-corrected chi connectivity index (χ0v) is 12.9. The SMILES string of the molecule is Cc1cc(NCC2CC(=O)N(C3CC3)C2)nc2ccccc12. The molecule has 4 nitrogen and oxygen atoms in total. The number of para-hydroxylation sites is 1. The van der Waals surface area contributed by atoms with E-state index in [0.717, 1.165) is 24.4 Å². The summed E-state index contributed by atoms with van der Waals surface area (Å²) in [6.45, 7) is 3.84. The number of anilines is 1. The minimum Gasteiger partial charge on any atom is -0.370 e. The van der Waals surface area contributed by atoms with Crippen LogP contribution < -0.4 is 5.32 Å². The van der Waals surface area contributed by atoms with Crippen molar-refractivity contribution >= 4 is 22.6 Å². The van der Waals surface area contributed by atoms with Gasteiger partial charge in [-0.05, 0) is 37.5 Å². The van der Waals surface area contributed by atoms with Crippen LogP contribution in [0.4, 0.5) is 5.82 Å². The van der Waals surface area contributed by atoms with Gasteiger partial charge in [-0.25, -0.2) is 4.98 Å². The highest BCUT2D eigenvalue weighted by molar-refractivity contribution is 5.83. The molecule has 1 amide bonds. The van der Waals surface area contributed by atoms with Crippen molar-refractivity contribution < 1.29 is 4.79 Å². The van der Waals surface area contributed by atoms with Gasteiger partial charge in [0, 0.05) is 36.9 Å². The third kappa shape index (κ3) is 2.54. The second kappa shape index (κ2) is 5.27. The van der Waals surface area contributed by atoms with Crippen molar-refractivity contribution in [2.24, 2.45) is 5.92 Å². The Balaban J connectivity index is 1.44. The van der Waals surface area contributed by atoms with E-state index in [2.05, 4.69) is 34.3 Å². The van der Waals surface area contributed by atoms with Crippen molar-refractivity contribution in [3.8, 4) is 0 Å². The highest BCUT2D eigenvalue weighted by Gasteiger charge is 2.39. The van der Waals surface area contributed by atoms with Gasteiger partial charge in [0.1, 0.15) is 5.82 Å². The number of amides is 1. The number of pyridine rings is 1. The molecule has 2 aliphatic rings. The molecule has 0 bridgehead atoms. The van der Waals surface area contributed by atoms with Gasteiger partial charge >= 0.3 is 0 Å². The van der Waals surface area contributed by atoms with Crippen LogP contribution in [0.3, 0.4) is 0 Å². The van der Waals surface area contributed by atoms with Crippen LogP contribution in [0.25, 0.3) is 10.9 Å². The van der Waals surface area contributed by atoms with Crippen LogP contribution in [0.2, 0.25) is 0 Å². The number of nitrogens with zero attached hydrogens (tertiary/aromatic N) is 2. The molecule has 1 saturated carbocycles. The van der Waals surface area contributed by atoms with E-state index in [1.54, 1.807) is 0 Å². The first-order chi connectivity index (χ1) is 10.7. The Morgan fingerprint density at radius 1 is 1.32 bits per heavy atom. The number of carbonyl (C=O) groups is 1. The van der Waals surface area contributed by atoms with E-state index in [4.69, 9.17) is 0 Å². The normalized spacial score (nSPS) is 21.6. The summed E-state index contributed by atoms with van der Waals surface area (Å²) in [4.78, 5) is 18.7. The first kappa shape index (κ1) is 13.6. The average Bonchev–Trinajstić information content (AvgIpc) is 3.29. The summed E-state index contributed by atoms with van der Waals surface area (Å²) in [6, 6.07) is 10.8. The molecule has 1 aliphatic heterocycles. The van der Waals surface area contributed by atoms with Gasteiger partial charge in [-0.2, -0.15) is 0 Å². The summed E-state index contributed by atoms with van der Waals surface area (Å²) in [6.07, 6.45) is 3.06. The van der Waals surface area contributed by atoms with Gasteiger partial charge in [-0.1, -0.05) is 18.2 Å². The molecule has 4 heteroatoms. The Morgan fingerprint density at radius 3 is 2.95 bits per heavy atom. The zero-order chi connectivity index (χ0) is 15.1. The van der Waals surface area contributed by atoms with Crippen molar-refractivity contribution in [3.05, 3.63) is 35.9 Å². The fraction of sp³-hybridized carbons (Fsp3) is 0.444. The summed E-state index contributed by atoms with van der Waals surface area (Å²) in [5, 5.41) is 4.63. The molecule has 2 aromatic rings. The third-order valence-corrected chi connectivity index (χ3v) is 4.72. The molecule has 1 aliphatic carbocycles. The van der Waals surface area contributed by atoms with Crippen LogP contribution in [0, 0.1) is 12.8 Å². The topological polar surface area (TPSA) is 45.2 Å². The summed E-state index contributed by atoms with van der Waals surface area (Å²) < 4.78 is 0. The first-order valence-electron chi connectivity index (χ1n) is 8.10. The van der Waals surface area contributed by atoms with E-state index in [1.165, 1.54) is 23.8 Å². The molecule has 2 heterocycles. The molecule has 1 aromatic heterocycles. The monoisotopic (exact) mass is 295 g/mol. The van der Waals surface area contributed by atoms with E-state index >= 15 is 0 Å². The van der Waals surface area contributed by atoms with Crippen molar-refractivity contribution in [2.75, 3.05) is 18.4 Å². The Kier molecular flexibility index (Phi) is 3.25. The van der Waals surface area contributed by atoms with Crippen LogP contribution in [-0.4, -0.2) is 34.9 Å². The highest BCUT2D eigenvalue weighted by atomic mass is 16.2. The Hall–Kier alpha value is -2.10. The molecule has 114 valence electrons. The standard InChI is InChI=1S/C18H21N3O/c1-12-8-17(20-16-5-3-2-4-15(12)16)19-10-13-9-18(22)21(11-13)14-6-7-14/h2-5,8,13-14H,6-7,9-11H2,1H3,(H,19,20). The van der Waals surface area contributed by atoms with Gasteiger partial charge < -0.3 is 10.2 Å². The van der Waals surface area contributed by atoms with Crippen LogP contribution in [0.1, 0.15) is 24.8 Å². The van der Waals surface area contributed by atoms with Crippen LogP contribution >= 0.6 is 0 Å². The molecular formula is C18H21N3O. The fourth-order valence-corrected chi connectivity index (χ4v) is 3.37. The van der Waals surface area contributed by atoms with Crippen molar-refractivity contribution in [1.29, 1.82) is 0 Å². The number of aryl methyl sites for hydroxylation is 1. The number of hydrogen-bond donors (Lipinski definition) is 1. The van der Waals surface area contributed by atoms with Crippen LogP contribution in [-0.2, 0) is 4.79 Å². The summed E-state index contributed by atoms with van der Waals surface area (Å²) in [7, 11) is 0. The fourth-order valence-electron chi connectivity index (χ4n) is 3.37. The van der Waals surface area contributed by atoms with Gasteiger partial charge in [-0.3, -0.25) is 4.79 Å². The predicted octanol–water partition coefficient (Wildman–Crippen LogP) is 2.97. The number of carbonyl (C=O) groups excluding carboxylic acids is 1. The average molecular weight is 295 g/mol. The molecule has 2 fully saturated rings. The number of aromatic nitrogens is 1. The maximum atomic E-state index is 12.0. The van der Waals surface area contributed by atoms with Crippen molar-refractivity contribution in [3.63, 3.8) is 0 Å². The smallest absolute Gasteiger partial charge is 0.223 e. The Labute approximate surface area is 130 Å². The maximum Gasteiger partial charge on any atom is 0.223 e. The highest BCUT2D eigenvalue weighted by Crippen LogP contribution is 2.32. The summed E-state index contributed by atoms with van der Waals surface area (Å²) in [5.74, 6) is 1.65. The third-order valence-electron chi connectivity index (χ3n) is 4.72. The minimum absolute atomic E-state index is 0.331. The van der Waals surface area contributed by atoms with Crippen LogP contribution in [0.5, 0.6) is 0 Å². The van der Waals surface area contributed by atoms with E-state index in [1.807, 2.05) is 18.2 Å². The molecule has 1 saturated heterocycles. The lowest BCUT2D eigenvalue weighted by Gasteiger charge is -2.16. The van der Waals surface area contributed by atoms with E-state index in [-0.39, 0.29) is 0 Å². The van der Waals surface area contributed by atoms with Crippen molar-refractivity contribution in [1.82, 2.24) is 9.88 Å². The first-order valence-corrected chi connectivity index (χ1v) is 8.10. The van der Waals surface area contributed by atoms with Crippen molar-refractivity contribution in [2.45, 2.75) is 32.2 Å². The lowest BCUT2D eigenvalue weighted by Crippen LogP contribution is -2.28. The Morgan fingerprint density at radius 2 is 2.14 bits per heavy atom. The number of rotatable bonds is 4. The van der Waals surface area contributed by atoms with E-state index in [9.17, 15) is 4.79 Å². The molecule has 1 N–H and O–H groups in total. The molecule has 1 unspecified atom stereocenters. The molecule has 0 spiro atoms. The maximum absolute atomic E-state index is 12.0. The van der Waals surface area contributed by atoms with Gasteiger partial charge in [0.2, 0.25) is 5.91 Å². The number of benzene rings is 1. The second-order valence-electron chi connectivity index (χ2n) is 6.57. The number of nitrogens with one attached hydrogen (secondary N) is 1. The molecule has 0 radical (unpaired) electrons. The Bertz CT molecular complexity index is 723. The minimum atomic E-state index is 0.331. The van der Waals surface area contributed by atoms with Gasteiger partial charge in [0.25, 0.3) is 0 Å². The predicted molar refractivity (Wildman–Crippen MR) is 87.8 cm³/mol. The zero-order valence-electron chi connectivity index (χ0n) is 12.9. The largest absolute Gasteiger partial charge is 0.370 e. The molecule has 1 aromatic carbocycles. The van der Waals surface area contributed by atoms with E-state index < -0.39 is 0 Å². The van der Waals surface area contributed by atoms with E-state index in [0.29, 0.717) is 24.3 Å². The number of fused-ring (bicyclic) bond motifs is 1. The number of hydrogen-bond acceptors (Lipinski definition) is 3. The lowest BCUT2D eigenvalue weighted by molar-refractivity contribution is -0.128. The van der Waals surface area contributed by atoms with Gasteiger partial charge in [-0.15, -0.1) is 0 Å². The molecule has 1 atom stereocenters. The van der Waals surface area contributed by atoms with Crippen LogP contribution in [0.15, 0.2) is 30.3 Å². The van der Waals surface area contributed by atoms with Gasteiger partial charge in [0.05, 0.1) is 5.52 Å². The molecular weight excluding hydrogens is 274 g/mol. The molecule has 4 rings (SSSR count). The molecule has 22 heavy (non-hydrogen) atoms. The second-order valence-corrected chi connectivity index (χ2v) is 6.57. The quantitative estimate of drug-likeness (QED) is 0.943. The lowest BCUT2D eigenvalue weighted by atomic mass is 10.1.